The van der Waals surface area contributed by atoms with E-state index in [9.17, 15) is 4.79 Å². The summed E-state index contributed by atoms with van der Waals surface area (Å²) >= 11 is 12.7. The fraction of sp³-hybridized carbons (Fsp3) is 0.280. The fourth-order valence-electron chi connectivity index (χ4n) is 4.22. The Bertz CT molecular complexity index is 1140. The van der Waals surface area contributed by atoms with Gasteiger partial charge in [-0.1, -0.05) is 53.5 Å². The van der Waals surface area contributed by atoms with Gasteiger partial charge in [0, 0.05) is 47.0 Å². The summed E-state index contributed by atoms with van der Waals surface area (Å²) in [7, 11) is 2.08. The largest absolute Gasteiger partial charge is 0.482 e. The van der Waals surface area contributed by atoms with Crippen LogP contribution < -0.4 is 10.5 Å². The summed E-state index contributed by atoms with van der Waals surface area (Å²) in [6.07, 6.45) is 2.24. The van der Waals surface area contributed by atoms with E-state index in [0.717, 1.165) is 36.2 Å². The number of hydrogen-bond acceptors (Lipinski definition) is 5. The molecule has 1 aromatic heterocycles. The lowest BCUT2D eigenvalue weighted by Crippen LogP contribution is -2.46. The number of amides is 1. The average Bonchev–Trinajstić information content (AvgIpc) is 2.81. The van der Waals surface area contributed by atoms with Gasteiger partial charge in [0.25, 0.3) is 0 Å². The zero-order chi connectivity index (χ0) is 23.5. The molecule has 33 heavy (non-hydrogen) atoms. The molecule has 2 atom stereocenters. The molecular weight excluding hydrogens is 459 g/mol. The number of nitrogens with zero attached hydrogens (tertiary/aromatic N) is 3. The van der Waals surface area contributed by atoms with E-state index in [4.69, 9.17) is 33.7 Å². The predicted molar refractivity (Wildman–Crippen MR) is 133 cm³/mol. The normalized spacial score (nSPS) is 17.6. The predicted octanol–water partition coefficient (Wildman–Crippen LogP) is 5.22. The molecule has 3 aromatic rings. The van der Waals surface area contributed by atoms with E-state index in [1.54, 1.807) is 24.4 Å². The van der Waals surface area contributed by atoms with Gasteiger partial charge in [0.15, 0.2) is 11.6 Å². The van der Waals surface area contributed by atoms with Crippen LogP contribution in [0.5, 0.6) is 5.75 Å². The summed E-state index contributed by atoms with van der Waals surface area (Å²) in [6.45, 7) is 4.04. The molecule has 8 heteroatoms. The third kappa shape index (κ3) is 4.93. The third-order valence-corrected chi connectivity index (χ3v) is 6.71. The van der Waals surface area contributed by atoms with Gasteiger partial charge in [-0.2, -0.15) is 0 Å². The number of benzene rings is 2. The number of pyridine rings is 1. The van der Waals surface area contributed by atoms with E-state index >= 15 is 0 Å². The second kappa shape index (κ2) is 10.00. The highest BCUT2D eigenvalue weighted by Gasteiger charge is 2.27. The van der Waals surface area contributed by atoms with Crippen LogP contribution in [0.25, 0.3) is 11.1 Å². The van der Waals surface area contributed by atoms with E-state index < -0.39 is 6.10 Å². The van der Waals surface area contributed by atoms with Crippen LogP contribution in [0, 0.1) is 0 Å². The van der Waals surface area contributed by atoms with Gasteiger partial charge in [-0.05, 0) is 43.3 Å². The van der Waals surface area contributed by atoms with E-state index in [0.29, 0.717) is 27.9 Å². The molecule has 2 N–H and O–H groups in total. The molecule has 1 saturated heterocycles. The SMILES string of the molecule is CC(Oc1cc(-c2ccccc2C2CN(C=O)CCN2C)cnc1N)c1c(Cl)cccc1Cl. The van der Waals surface area contributed by atoms with E-state index in [2.05, 4.69) is 23.0 Å². The molecule has 4 rings (SSSR count). The van der Waals surface area contributed by atoms with E-state index in [1.807, 2.05) is 36.1 Å². The van der Waals surface area contributed by atoms with Crippen LogP contribution in [0.1, 0.15) is 30.2 Å². The maximum atomic E-state index is 11.4. The molecule has 0 radical (unpaired) electrons. The summed E-state index contributed by atoms with van der Waals surface area (Å²) in [4.78, 5) is 19.9. The summed E-state index contributed by atoms with van der Waals surface area (Å²) in [5.41, 5.74) is 9.86. The Kier molecular flexibility index (Phi) is 7.08. The lowest BCUT2D eigenvalue weighted by Gasteiger charge is -2.38. The number of carbonyl (C=O) groups excluding carboxylic acids is 1. The minimum absolute atomic E-state index is 0.0722. The average molecular weight is 485 g/mol. The molecule has 1 aliphatic rings. The first-order valence-electron chi connectivity index (χ1n) is 10.7. The minimum Gasteiger partial charge on any atom is -0.482 e. The number of ether oxygens (including phenoxy) is 1. The van der Waals surface area contributed by atoms with Crippen LogP contribution in [0.4, 0.5) is 5.82 Å². The van der Waals surface area contributed by atoms with Crippen LogP contribution in [-0.2, 0) is 4.79 Å². The Balaban J connectivity index is 1.68. The first-order valence-corrected chi connectivity index (χ1v) is 11.5. The van der Waals surface area contributed by atoms with Crippen LogP contribution >= 0.6 is 23.2 Å². The van der Waals surface area contributed by atoms with Crippen molar-refractivity contribution < 1.29 is 9.53 Å². The molecule has 6 nitrogen and oxygen atoms in total. The molecule has 2 heterocycles. The molecule has 0 bridgehead atoms. The number of anilines is 1. The van der Waals surface area contributed by atoms with Crippen LogP contribution in [0.2, 0.25) is 10.0 Å². The minimum atomic E-state index is -0.425. The number of halogens is 2. The van der Waals surface area contributed by atoms with Gasteiger partial charge in [-0.15, -0.1) is 0 Å². The molecule has 0 aliphatic carbocycles. The monoisotopic (exact) mass is 484 g/mol. The molecule has 1 aliphatic heterocycles. The molecule has 172 valence electrons. The number of piperazine rings is 1. The van der Waals surface area contributed by atoms with Gasteiger partial charge in [0.05, 0.1) is 6.04 Å². The Labute approximate surface area is 203 Å². The number of carbonyl (C=O) groups is 1. The smallest absolute Gasteiger partial charge is 0.209 e. The molecule has 0 spiro atoms. The van der Waals surface area contributed by atoms with Crippen molar-refractivity contribution in [3.05, 3.63) is 75.9 Å². The Morgan fingerprint density at radius 1 is 1.15 bits per heavy atom. The summed E-state index contributed by atoms with van der Waals surface area (Å²) in [6, 6.07) is 15.5. The Hall–Kier alpha value is -2.80. The Morgan fingerprint density at radius 2 is 1.88 bits per heavy atom. The number of nitrogens with two attached hydrogens (primary N) is 1. The molecule has 1 fully saturated rings. The zero-order valence-corrected chi connectivity index (χ0v) is 20.1. The summed E-state index contributed by atoms with van der Waals surface area (Å²) < 4.78 is 6.17. The topological polar surface area (TPSA) is 71.7 Å². The van der Waals surface area contributed by atoms with Crippen molar-refractivity contribution in [2.45, 2.75) is 19.1 Å². The Morgan fingerprint density at radius 3 is 2.61 bits per heavy atom. The summed E-state index contributed by atoms with van der Waals surface area (Å²) in [5.74, 6) is 0.741. The first-order chi connectivity index (χ1) is 15.9. The number of hydrogen-bond donors (Lipinski definition) is 1. The molecule has 2 unspecified atom stereocenters. The van der Waals surface area contributed by atoms with E-state index in [1.165, 1.54) is 0 Å². The van der Waals surface area contributed by atoms with Crippen molar-refractivity contribution in [1.29, 1.82) is 0 Å². The zero-order valence-electron chi connectivity index (χ0n) is 18.5. The van der Waals surface area contributed by atoms with Crippen molar-refractivity contribution in [3.8, 4) is 16.9 Å². The first kappa shape index (κ1) is 23.4. The number of nitrogen functional groups attached to an aromatic ring is 1. The summed E-state index contributed by atoms with van der Waals surface area (Å²) in [5, 5.41) is 1.06. The van der Waals surface area contributed by atoms with Gasteiger partial charge in [-0.25, -0.2) is 4.98 Å². The second-order valence-corrected chi connectivity index (χ2v) is 9.00. The fourth-order valence-corrected chi connectivity index (χ4v) is 4.93. The van der Waals surface area contributed by atoms with Crippen molar-refractivity contribution >= 4 is 35.4 Å². The highest BCUT2D eigenvalue weighted by atomic mass is 35.5. The number of aromatic nitrogens is 1. The highest BCUT2D eigenvalue weighted by Crippen LogP contribution is 2.38. The third-order valence-electron chi connectivity index (χ3n) is 6.05. The van der Waals surface area contributed by atoms with Gasteiger partial charge >= 0.3 is 0 Å². The lowest BCUT2D eigenvalue weighted by atomic mass is 9.93. The van der Waals surface area contributed by atoms with Crippen LogP contribution in [0.3, 0.4) is 0 Å². The van der Waals surface area contributed by atoms with Gasteiger partial charge in [-0.3, -0.25) is 9.69 Å². The van der Waals surface area contributed by atoms with Crippen molar-refractivity contribution in [1.82, 2.24) is 14.8 Å². The molecular formula is C25H26Cl2N4O2. The second-order valence-electron chi connectivity index (χ2n) is 8.19. The van der Waals surface area contributed by atoms with Crippen LogP contribution in [-0.4, -0.2) is 47.9 Å². The van der Waals surface area contributed by atoms with Gasteiger partial charge < -0.3 is 15.4 Å². The van der Waals surface area contributed by atoms with Crippen molar-refractivity contribution in [3.63, 3.8) is 0 Å². The number of likely N-dealkylation sites (N-methyl/N-ethyl adjacent to an activating group) is 1. The maximum absolute atomic E-state index is 11.4. The molecule has 0 saturated carbocycles. The van der Waals surface area contributed by atoms with Crippen molar-refractivity contribution in [2.75, 3.05) is 32.4 Å². The van der Waals surface area contributed by atoms with Crippen molar-refractivity contribution in [2.24, 2.45) is 0 Å². The van der Waals surface area contributed by atoms with Crippen LogP contribution in [0.15, 0.2) is 54.7 Å². The quantitative estimate of drug-likeness (QED) is 0.485. The molecule has 2 aromatic carbocycles. The lowest BCUT2D eigenvalue weighted by molar-refractivity contribution is -0.120. The molecule has 1 amide bonds. The van der Waals surface area contributed by atoms with Gasteiger partial charge in [0.1, 0.15) is 6.10 Å². The maximum Gasteiger partial charge on any atom is 0.209 e. The highest BCUT2D eigenvalue weighted by molar-refractivity contribution is 6.36. The van der Waals surface area contributed by atoms with Gasteiger partial charge in [0.2, 0.25) is 6.41 Å². The standard InChI is InChI=1S/C25H26Cl2N4O2/c1-16(24-20(26)8-5-9-21(24)27)33-23-12-17(13-29-25(23)28)18-6-3-4-7-19(18)22-14-31(15-32)11-10-30(22)2/h3-9,12-13,15-16,22H,10-11,14H2,1-2H3,(H2,28,29). The number of rotatable bonds is 6. The van der Waals surface area contributed by atoms with E-state index in [-0.39, 0.29) is 11.9 Å².